The van der Waals surface area contributed by atoms with Crippen molar-refractivity contribution in [3.63, 3.8) is 0 Å². The van der Waals surface area contributed by atoms with Crippen LogP contribution in [0, 0.1) is 28.6 Å². The Morgan fingerprint density at radius 2 is 1.76 bits per heavy atom. The second-order valence-electron chi connectivity index (χ2n) is 12.3. The third kappa shape index (κ3) is 4.80. The van der Waals surface area contributed by atoms with Crippen molar-refractivity contribution in [2.45, 2.75) is 90.2 Å². The number of ketones is 1. The first-order valence-electron chi connectivity index (χ1n) is 14.1. The Bertz CT molecular complexity index is 1140. The Hall–Kier alpha value is -2.96. The molecule has 38 heavy (non-hydrogen) atoms. The van der Waals surface area contributed by atoms with Crippen LogP contribution in [0.25, 0.3) is 0 Å². The summed E-state index contributed by atoms with van der Waals surface area (Å²) in [5, 5.41) is 12.1. The third-order valence-corrected chi connectivity index (χ3v) is 10.4. The van der Waals surface area contributed by atoms with Gasteiger partial charge in [0, 0.05) is 18.3 Å². The van der Waals surface area contributed by atoms with Gasteiger partial charge in [0.1, 0.15) is 6.10 Å². The van der Waals surface area contributed by atoms with Crippen molar-refractivity contribution in [3.8, 4) is 0 Å². The van der Waals surface area contributed by atoms with Crippen LogP contribution in [-0.4, -0.2) is 34.8 Å². The van der Waals surface area contributed by atoms with Crippen LogP contribution in [-0.2, 0) is 23.9 Å². The molecule has 2 N–H and O–H groups in total. The predicted molar refractivity (Wildman–Crippen MR) is 141 cm³/mol. The molecule has 0 bridgehead atoms. The van der Waals surface area contributed by atoms with Gasteiger partial charge in [-0.2, -0.15) is 0 Å². The van der Waals surface area contributed by atoms with Crippen molar-refractivity contribution in [1.29, 1.82) is 0 Å². The van der Waals surface area contributed by atoms with Crippen molar-refractivity contribution in [2.75, 3.05) is 0 Å². The molecule has 5 rings (SSSR count). The number of aliphatic carboxylic acids is 1. The lowest BCUT2D eigenvalue weighted by atomic mass is 9.47. The molecule has 7 heteroatoms. The van der Waals surface area contributed by atoms with Crippen LogP contribution in [0.3, 0.4) is 0 Å². The summed E-state index contributed by atoms with van der Waals surface area (Å²) in [6.45, 7) is 4.65. The lowest BCUT2D eigenvalue weighted by Crippen LogP contribution is -2.51. The zero-order valence-corrected chi connectivity index (χ0v) is 22.4. The average molecular weight is 522 g/mol. The molecule has 204 valence electrons. The zero-order chi connectivity index (χ0) is 27.1. The van der Waals surface area contributed by atoms with Crippen LogP contribution in [0.4, 0.5) is 0 Å². The summed E-state index contributed by atoms with van der Waals surface area (Å²) >= 11 is 0. The molecular formula is C31H39NO6. The molecule has 0 aliphatic heterocycles. The fourth-order valence-corrected chi connectivity index (χ4v) is 8.30. The SMILES string of the molecule is C[C@]12CC[C@H]3[C@@H](CCC4=CC(=O)CC[C@@]43C)[C@@H]1CC[C@H]2OC(=O)CCC(=O)N[C@H](C(=O)O)c1ccccc1. The molecule has 4 aliphatic rings. The number of nitrogens with one attached hydrogen (secondary N) is 1. The maximum absolute atomic E-state index is 12.8. The summed E-state index contributed by atoms with van der Waals surface area (Å²) in [4.78, 5) is 49.0. The van der Waals surface area contributed by atoms with E-state index in [2.05, 4.69) is 19.2 Å². The zero-order valence-electron chi connectivity index (χ0n) is 22.4. The lowest BCUT2D eigenvalue weighted by Gasteiger charge is -2.57. The van der Waals surface area contributed by atoms with E-state index in [-0.39, 0.29) is 35.6 Å². The maximum Gasteiger partial charge on any atom is 0.330 e. The van der Waals surface area contributed by atoms with Gasteiger partial charge in [-0.25, -0.2) is 4.79 Å². The molecule has 0 saturated heterocycles. The highest BCUT2D eigenvalue weighted by Crippen LogP contribution is 2.65. The molecule has 7 nitrogen and oxygen atoms in total. The molecule has 3 fully saturated rings. The number of hydrogen-bond acceptors (Lipinski definition) is 5. The number of carboxylic acids is 1. The van der Waals surface area contributed by atoms with Gasteiger partial charge in [0.2, 0.25) is 5.91 Å². The summed E-state index contributed by atoms with van der Waals surface area (Å²) in [5.74, 6) is -0.0844. The predicted octanol–water partition coefficient (Wildman–Crippen LogP) is 5.15. The molecule has 7 atom stereocenters. The number of carbonyl (C=O) groups is 4. The molecule has 0 heterocycles. The molecule has 1 aromatic carbocycles. The van der Waals surface area contributed by atoms with Crippen LogP contribution >= 0.6 is 0 Å². The molecule has 0 spiro atoms. The van der Waals surface area contributed by atoms with E-state index in [4.69, 9.17) is 4.74 Å². The minimum Gasteiger partial charge on any atom is -0.479 e. The number of carboxylic acid groups (broad SMARTS) is 1. The smallest absolute Gasteiger partial charge is 0.330 e. The number of rotatable bonds is 7. The Balaban J connectivity index is 1.17. The second kappa shape index (κ2) is 10.3. The minimum absolute atomic E-state index is 0.0666. The van der Waals surface area contributed by atoms with Crippen LogP contribution < -0.4 is 5.32 Å². The number of ether oxygens (including phenoxy) is 1. The number of benzene rings is 1. The molecule has 0 aromatic heterocycles. The largest absolute Gasteiger partial charge is 0.479 e. The first-order valence-corrected chi connectivity index (χ1v) is 14.1. The standard InChI is InChI=1S/C31H39NO6/c1-30-16-14-21(33)18-20(30)8-9-22-23-10-11-25(31(23,2)17-15-24(22)30)38-27(35)13-12-26(34)32-28(29(36)37)19-6-4-3-5-7-19/h3-7,18,22-25,28H,8-17H2,1-2H3,(H,32,34)(H,36,37)/t22-,23-,24-,25+,28-,30-,31-/m0/s1. The monoisotopic (exact) mass is 521 g/mol. The second-order valence-corrected chi connectivity index (χ2v) is 12.3. The van der Waals surface area contributed by atoms with Crippen LogP contribution in [0.5, 0.6) is 0 Å². The highest BCUT2D eigenvalue weighted by molar-refractivity contribution is 5.91. The van der Waals surface area contributed by atoms with E-state index in [9.17, 15) is 24.3 Å². The van der Waals surface area contributed by atoms with Crippen molar-refractivity contribution in [1.82, 2.24) is 5.32 Å². The van der Waals surface area contributed by atoms with E-state index in [0.29, 0.717) is 29.7 Å². The van der Waals surface area contributed by atoms with Gasteiger partial charge in [-0.3, -0.25) is 14.4 Å². The van der Waals surface area contributed by atoms with Crippen molar-refractivity contribution in [2.24, 2.45) is 28.6 Å². The number of amides is 1. The van der Waals surface area contributed by atoms with Crippen LogP contribution in [0.15, 0.2) is 42.0 Å². The molecular weight excluding hydrogens is 482 g/mol. The number of hydrogen-bond donors (Lipinski definition) is 2. The fraction of sp³-hybridized carbons (Fsp3) is 0.613. The summed E-state index contributed by atoms with van der Waals surface area (Å²) < 4.78 is 6.01. The van der Waals surface area contributed by atoms with Gasteiger partial charge in [-0.15, -0.1) is 0 Å². The van der Waals surface area contributed by atoms with E-state index in [1.54, 1.807) is 30.3 Å². The number of fused-ring (bicyclic) bond motifs is 5. The summed E-state index contributed by atoms with van der Waals surface area (Å²) in [7, 11) is 0. The van der Waals surface area contributed by atoms with Gasteiger partial charge in [0.25, 0.3) is 0 Å². The van der Waals surface area contributed by atoms with E-state index < -0.39 is 23.9 Å². The van der Waals surface area contributed by atoms with Crippen LogP contribution in [0.2, 0.25) is 0 Å². The molecule has 0 radical (unpaired) electrons. The number of carbonyl (C=O) groups excluding carboxylic acids is 3. The van der Waals surface area contributed by atoms with Crippen molar-refractivity contribution >= 4 is 23.6 Å². The van der Waals surface area contributed by atoms with Gasteiger partial charge in [0.15, 0.2) is 11.8 Å². The van der Waals surface area contributed by atoms with Crippen molar-refractivity contribution < 1.29 is 29.0 Å². The fourth-order valence-electron chi connectivity index (χ4n) is 8.30. The summed E-state index contributed by atoms with van der Waals surface area (Å²) in [5.41, 5.74) is 1.89. The number of esters is 1. The van der Waals surface area contributed by atoms with E-state index in [1.807, 2.05) is 6.08 Å². The quantitative estimate of drug-likeness (QED) is 0.480. The first-order chi connectivity index (χ1) is 18.1. The van der Waals surface area contributed by atoms with Gasteiger partial charge >= 0.3 is 11.9 Å². The summed E-state index contributed by atoms with van der Waals surface area (Å²) in [6, 6.07) is 7.36. The Morgan fingerprint density at radius 3 is 2.50 bits per heavy atom. The topological polar surface area (TPSA) is 110 Å². The lowest BCUT2D eigenvalue weighted by molar-refractivity contribution is -0.160. The Labute approximate surface area is 224 Å². The Kier molecular flexibility index (Phi) is 7.23. The van der Waals surface area contributed by atoms with E-state index in [1.165, 1.54) is 5.57 Å². The molecule has 1 amide bonds. The van der Waals surface area contributed by atoms with Gasteiger partial charge < -0.3 is 15.2 Å². The molecule has 3 saturated carbocycles. The number of allylic oxidation sites excluding steroid dienone is 1. The van der Waals surface area contributed by atoms with Crippen molar-refractivity contribution in [3.05, 3.63) is 47.5 Å². The van der Waals surface area contributed by atoms with E-state index >= 15 is 0 Å². The summed E-state index contributed by atoms with van der Waals surface area (Å²) in [6.07, 6.45) is 9.28. The normalized spacial score (nSPS) is 34.7. The highest BCUT2D eigenvalue weighted by atomic mass is 16.5. The van der Waals surface area contributed by atoms with E-state index in [0.717, 1.165) is 44.9 Å². The van der Waals surface area contributed by atoms with Gasteiger partial charge in [-0.05, 0) is 79.8 Å². The van der Waals surface area contributed by atoms with Gasteiger partial charge in [0.05, 0.1) is 6.42 Å². The molecule has 4 aliphatic carbocycles. The highest BCUT2D eigenvalue weighted by Gasteiger charge is 2.59. The molecule has 0 unspecified atom stereocenters. The first kappa shape index (κ1) is 26.6. The molecule has 1 aromatic rings. The maximum atomic E-state index is 12.8. The van der Waals surface area contributed by atoms with Gasteiger partial charge in [-0.1, -0.05) is 49.8 Å². The average Bonchev–Trinajstić information content (AvgIpc) is 3.22. The Morgan fingerprint density at radius 1 is 1.00 bits per heavy atom. The third-order valence-electron chi connectivity index (χ3n) is 10.4. The minimum atomic E-state index is -1.15. The van der Waals surface area contributed by atoms with Crippen LogP contribution in [0.1, 0.15) is 89.7 Å².